The summed E-state index contributed by atoms with van der Waals surface area (Å²) in [6, 6.07) is -14.0. The van der Waals surface area contributed by atoms with E-state index in [0.29, 0.717) is 45.1 Å². The number of nitrogens with one attached hydrogen (secondary N) is 5. The Labute approximate surface area is 478 Å². The van der Waals surface area contributed by atoms with Crippen LogP contribution in [-0.2, 0) is 71.4 Å². The van der Waals surface area contributed by atoms with E-state index >= 15 is 0 Å². The van der Waals surface area contributed by atoms with Crippen molar-refractivity contribution >= 4 is 84.7 Å². The minimum atomic E-state index is -5.24. The third-order valence-corrected chi connectivity index (χ3v) is 16.0. The molecule has 0 radical (unpaired) electrons. The number of carbonyl (C=O) groups excluding carboxylic acids is 11. The van der Waals surface area contributed by atoms with Gasteiger partial charge in [-0.1, -0.05) is 6.42 Å². The van der Waals surface area contributed by atoms with Crippen LogP contribution in [0.2, 0.25) is 0 Å². The van der Waals surface area contributed by atoms with Gasteiger partial charge in [-0.15, -0.1) is 0 Å². The van der Waals surface area contributed by atoms with E-state index in [1.54, 1.807) is 0 Å². The van der Waals surface area contributed by atoms with Crippen molar-refractivity contribution in [3.8, 4) is 0 Å². The number of nitrogens with two attached hydrogens (primary N) is 3. The number of aliphatic carboxylic acids is 2. The van der Waals surface area contributed by atoms with Gasteiger partial charge >= 0.3 is 19.8 Å². The summed E-state index contributed by atoms with van der Waals surface area (Å²) in [7, 11) is -5.24. The average Bonchev–Trinajstić information content (AvgIpc) is 3.91. The van der Waals surface area contributed by atoms with Crippen LogP contribution in [0.4, 0.5) is 0 Å². The smallest absolute Gasteiger partial charge is 0.469 e. The maximum absolute atomic E-state index is 14.4. The topological polar surface area (TPSA) is 484 Å². The molecular weight excluding hydrogens is 1120 g/mol. The van der Waals surface area contributed by atoms with Crippen LogP contribution >= 0.6 is 7.82 Å². The molecule has 464 valence electrons. The number of hydrogen-bond donors (Lipinski definition) is 12. The first kappa shape index (κ1) is 66.9. The van der Waals surface area contributed by atoms with Crippen molar-refractivity contribution in [2.24, 2.45) is 17.2 Å². The van der Waals surface area contributed by atoms with Gasteiger partial charge < -0.3 is 88.3 Å². The van der Waals surface area contributed by atoms with E-state index in [4.69, 9.17) is 17.2 Å². The summed E-state index contributed by atoms with van der Waals surface area (Å²) in [4.78, 5) is 198. The summed E-state index contributed by atoms with van der Waals surface area (Å²) in [5.74, 6) is -11.1. The fourth-order valence-electron chi connectivity index (χ4n) is 11.2. The van der Waals surface area contributed by atoms with E-state index in [1.165, 1.54) is 33.4 Å². The van der Waals surface area contributed by atoms with Crippen LogP contribution < -0.4 is 43.8 Å². The lowest BCUT2D eigenvalue weighted by atomic mass is 10.1. The molecule has 11 unspecified atom stereocenters. The molecule has 0 aromatic heterocycles. The summed E-state index contributed by atoms with van der Waals surface area (Å²) in [5.41, 5.74) is 16.9. The van der Waals surface area contributed by atoms with Gasteiger partial charge in [0, 0.05) is 45.6 Å². The number of carboxylic acids is 2. The molecule has 5 rings (SSSR count). The summed E-state index contributed by atoms with van der Waals surface area (Å²) in [6.45, 7) is 2.47. The minimum absolute atomic E-state index is 0.0563. The summed E-state index contributed by atoms with van der Waals surface area (Å²) in [6.07, 6.45) is 2.30. The predicted molar refractivity (Wildman–Crippen MR) is 286 cm³/mol. The van der Waals surface area contributed by atoms with Gasteiger partial charge in [-0.25, -0.2) is 9.36 Å². The number of rotatable bonds is 29. The van der Waals surface area contributed by atoms with Crippen molar-refractivity contribution in [2.45, 2.75) is 189 Å². The predicted octanol–water partition coefficient (Wildman–Crippen LogP) is -4.81. The number of amides is 11. The second kappa shape index (κ2) is 30.6. The van der Waals surface area contributed by atoms with Crippen LogP contribution in [-0.4, -0.2) is 234 Å². The Hall–Kier alpha value is -6.86. The molecule has 11 amide bonds. The molecule has 0 aliphatic carbocycles. The second-order valence-corrected chi connectivity index (χ2v) is 22.8. The van der Waals surface area contributed by atoms with Crippen molar-refractivity contribution in [1.82, 2.24) is 51.1 Å². The SMILES string of the molecule is CC(NC(=O)C(CCC(=O)O)NC(=O)C(N)CCCCN)C(=O)N1CCCC1C(=O)N1CCCC1C(=O)NC(C)C(=O)N1CCCC1C(=O)N1CCCC1C(=O)NC(CCC(N)=O)C(=O)NC(COP(=O)(O)O)C(=O)N1CCCC1C(=O)O. The molecule has 0 saturated carbocycles. The maximum Gasteiger partial charge on any atom is 0.469 e. The first-order chi connectivity index (χ1) is 39.1. The molecule has 0 spiro atoms. The third kappa shape index (κ3) is 18.3. The zero-order valence-electron chi connectivity index (χ0n) is 46.6. The molecule has 5 heterocycles. The zero-order chi connectivity index (χ0) is 61.5. The highest BCUT2D eigenvalue weighted by Gasteiger charge is 2.47. The van der Waals surface area contributed by atoms with Crippen LogP contribution in [0.5, 0.6) is 0 Å². The Morgan fingerprint density at radius 1 is 0.530 bits per heavy atom. The lowest BCUT2D eigenvalue weighted by Gasteiger charge is -2.34. The summed E-state index contributed by atoms with van der Waals surface area (Å²) < 4.78 is 16.1. The summed E-state index contributed by atoms with van der Waals surface area (Å²) >= 11 is 0. The van der Waals surface area contributed by atoms with E-state index < -0.39 is 177 Å². The average molecular weight is 1200 g/mol. The highest BCUT2D eigenvalue weighted by molar-refractivity contribution is 7.46. The number of nitrogens with zero attached hydrogens (tertiary/aromatic N) is 5. The van der Waals surface area contributed by atoms with Crippen LogP contribution in [0.1, 0.15) is 123 Å². The van der Waals surface area contributed by atoms with Gasteiger partial charge in [0.2, 0.25) is 65.0 Å². The van der Waals surface area contributed by atoms with Crippen molar-refractivity contribution in [3.05, 3.63) is 0 Å². The maximum atomic E-state index is 14.4. The number of carbonyl (C=O) groups is 13. The minimum Gasteiger partial charge on any atom is -0.481 e. The number of unbranched alkanes of at least 4 members (excludes halogenated alkanes) is 1. The molecule has 11 atom stereocenters. The normalized spacial score (nSPS) is 22.9. The van der Waals surface area contributed by atoms with Gasteiger partial charge in [-0.3, -0.25) is 62.1 Å². The quantitative estimate of drug-likeness (QED) is 0.0247. The molecule has 32 nitrogen and oxygen atoms in total. The Morgan fingerprint density at radius 2 is 0.952 bits per heavy atom. The van der Waals surface area contributed by atoms with Crippen LogP contribution in [0.25, 0.3) is 0 Å². The molecule has 5 saturated heterocycles. The van der Waals surface area contributed by atoms with Crippen LogP contribution in [0.15, 0.2) is 0 Å². The van der Waals surface area contributed by atoms with E-state index in [1.807, 2.05) is 0 Å². The standard InChI is InChI=1S/C50H80N13O19P/c1-27(54-41(68)31(17-19-39(65)66)56-40(67)29(52)10-3-4-20-51)45(72)61-23-7-13-35(61)48(75)59-21-5-11-33(59)43(70)55-28(2)46(73)62-24-8-14-36(62)49(76)60-22-6-12-34(60)44(71)57-30(16-18-38(53)64)42(69)58-32(26-82-83(79,80)81)47(74)63-25-9-15-37(63)50(77)78/h27-37H,3-26,51-52H2,1-2H3,(H2,53,64)(H,54,68)(H,55,70)(H,56,67)(H,57,71)(H,58,69)(H,65,66)(H,77,78)(H2,79,80,81). The molecule has 0 aromatic rings. The molecular formula is C50H80N13O19P. The first-order valence-corrected chi connectivity index (χ1v) is 29.6. The number of hydrogen-bond acceptors (Lipinski definition) is 17. The molecule has 0 bridgehead atoms. The lowest BCUT2D eigenvalue weighted by Crippen LogP contribution is -2.60. The van der Waals surface area contributed by atoms with Crippen molar-refractivity contribution in [1.29, 1.82) is 0 Å². The van der Waals surface area contributed by atoms with Gasteiger partial charge in [-0.2, -0.15) is 0 Å². The van der Waals surface area contributed by atoms with Gasteiger partial charge in [0.15, 0.2) is 0 Å². The molecule has 5 aliphatic rings. The van der Waals surface area contributed by atoms with Gasteiger partial charge in [0.25, 0.3) is 0 Å². The number of phosphoric acid groups is 1. The number of likely N-dealkylation sites (tertiary alicyclic amines) is 5. The fourth-order valence-corrected chi connectivity index (χ4v) is 11.5. The lowest BCUT2D eigenvalue weighted by molar-refractivity contribution is -0.150. The number of carboxylic acid groups (broad SMARTS) is 2. The van der Waals surface area contributed by atoms with Crippen molar-refractivity contribution in [2.75, 3.05) is 45.9 Å². The Kier molecular flexibility index (Phi) is 24.7. The molecule has 33 heteroatoms. The number of phosphoric ester groups is 1. The van der Waals surface area contributed by atoms with Crippen LogP contribution in [0, 0.1) is 0 Å². The Morgan fingerprint density at radius 3 is 1.43 bits per heavy atom. The zero-order valence-corrected chi connectivity index (χ0v) is 47.5. The highest BCUT2D eigenvalue weighted by atomic mass is 31.2. The molecule has 83 heavy (non-hydrogen) atoms. The van der Waals surface area contributed by atoms with Gasteiger partial charge in [0.1, 0.15) is 60.4 Å². The first-order valence-electron chi connectivity index (χ1n) is 28.1. The second-order valence-electron chi connectivity index (χ2n) is 21.5. The van der Waals surface area contributed by atoms with E-state index in [0.717, 1.165) is 4.90 Å². The van der Waals surface area contributed by atoms with Crippen molar-refractivity contribution < 1.29 is 91.4 Å². The molecule has 15 N–H and O–H groups in total. The van der Waals surface area contributed by atoms with E-state index in [-0.39, 0.29) is 84.1 Å². The van der Waals surface area contributed by atoms with Gasteiger partial charge in [0.05, 0.1) is 12.6 Å². The summed E-state index contributed by atoms with van der Waals surface area (Å²) in [5, 5.41) is 31.4. The Balaban J connectivity index is 1.20. The molecule has 5 aliphatic heterocycles. The van der Waals surface area contributed by atoms with E-state index in [9.17, 15) is 86.9 Å². The van der Waals surface area contributed by atoms with E-state index in [2.05, 4.69) is 31.1 Å². The highest BCUT2D eigenvalue weighted by Crippen LogP contribution is 2.36. The van der Waals surface area contributed by atoms with Gasteiger partial charge in [-0.05, 0) is 110 Å². The van der Waals surface area contributed by atoms with Crippen LogP contribution in [0.3, 0.4) is 0 Å². The fraction of sp³-hybridized carbons (Fsp3) is 0.740. The molecule has 5 fully saturated rings. The third-order valence-electron chi connectivity index (χ3n) is 15.5. The molecule has 0 aromatic carbocycles. The monoisotopic (exact) mass is 1200 g/mol. The largest absolute Gasteiger partial charge is 0.481 e. The number of primary amides is 1. The van der Waals surface area contributed by atoms with Crippen molar-refractivity contribution in [3.63, 3.8) is 0 Å². The Bertz CT molecular complexity index is 2500.